The van der Waals surface area contributed by atoms with E-state index in [1.807, 2.05) is 6.92 Å². The van der Waals surface area contributed by atoms with E-state index in [-0.39, 0.29) is 11.3 Å². The van der Waals surface area contributed by atoms with Gasteiger partial charge in [-0.3, -0.25) is 9.59 Å². The van der Waals surface area contributed by atoms with Crippen molar-refractivity contribution in [2.75, 3.05) is 4.90 Å². The third-order valence-electron chi connectivity index (χ3n) is 5.32. The predicted molar refractivity (Wildman–Crippen MR) is 120 cm³/mol. The number of anilines is 1. The second-order valence-corrected chi connectivity index (χ2v) is 10.9. The van der Waals surface area contributed by atoms with Gasteiger partial charge in [0.2, 0.25) is 15.9 Å². The van der Waals surface area contributed by atoms with Crippen molar-refractivity contribution in [3.63, 3.8) is 0 Å². The van der Waals surface area contributed by atoms with Gasteiger partial charge in [-0.15, -0.1) is 0 Å². The summed E-state index contributed by atoms with van der Waals surface area (Å²) < 4.78 is 29.1. The summed E-state index contributed by atoms with van der Waals surface area (Å²) in [5.74, 6) is -0.989. The van der Waals surface area contributed by atoms with Gasteiger partial charge in [-0.2, -0.15) is 4.31 Å². The lowest BCUT2D eigenvalue weighted by atomic mass is 10.00. The van der Waals surface area contributed by atoms with Crippen molar-refractivity contribution in [1.29, 1.82) is 0 Å². The third kappa shape index (κ3) is 4.19. The van der Waals surface area contributed by atoms with E-state index in [9.17, 15) is 18.0 Å². The molecule has 0 radical (unpaired) electrons. The van der Waals surface area contributed by atoms with Crippen LogP contribution in [-0.2, 0) is 19.6 Å². The molecule has 160 valence electrons. The topological polar surface area (TPSA) is 74.8 Å². The standard InChI is InChI=1S/C21H22BrClN2O4S/c1-4-21(2,3)25(30(28,29)17-11-7-15(23)8-12-17)18-13-19(26)24(20(18)27)16-9-5-14(22)6-10-16/h5-12,18H,4,13H2,1-3H3. The fourth-order valence-corrected chi connectivity index (χ4v) is 5.83. The van der Waals surface area contributed by atoms with Crippen molar-refractivity contribution in [2.45, 2.75) is 50.1 Å². The smallest absolute Gasteiger partial charge is 0.252 e. The monoisotopic (exact) mass is 512 g/mol. The average molecular weight is 514 g/mol. The Morgan fingerprint density at radius 1 is 1.10 bits per heavy atom. The number of carbonyl (C=O) groups is 2. The molecule has 0 spiro atoms. The van der Waals surface area contributed by atoms with Crippen LogP contribution in [0.2, 0.25) is 5.02 Å². The van der Waals surface area contributed by atoms with Crippen LogP contribution in [0.15, 0.2) is 57.9 Å². The highest BCUT2D eigenvalue weighted by Gasteiger charge is 2.51. The number of hydrogen-bond acceptors (Lipinski definition) is 4. The Labute approximate surface area is 190 Å². The molecule has 1 fully saturated rings. The van der Waals surface area contributed by atoms with Gasteiger partial charge in [-0.05, 0) is 68.8 Å². The number of imide groups is 1. The fourth-order valence-electron chi connectivity index (χ4n) is 3.45. The van der Waals surface area contributed by atoms with Crippen LogP contribution in [0, 0.1) is 0 Å². The molecule has 0 saturated carbocycles. The minimum Gasteiger partial charge on any atom is -0.274 e. The van der Waals surface area contributed by atoms with E-state index < -0.39 is 33.4 Å². The van der Waals surface area contributed by atoms with Gasteiger partial charge in [0.15, 0.2) is 0 Å². The van der Waals surface area contributed by atoms with Crippen LogP contribution in [0.3, 0.4) is 0 Å². The Hall–Kier alpha value is -1.74. The van der Waals surface area contributed by atoms with E-state index in [2.05, 4.69) is 15.9 Å². The van der Waals surface area contributed by atoms with Gasteiger partial charge in [-0.1, -0.05) is 34.5 Å². The lowest BCUT2D eigenvalue weighted by Gasteiger charge is -2.39. The minimum atomic E-state index is -4.07. The van der Waals surface area contributed by atoms with E-state index in [0.29, 0.717) is 17.1 Å². The normalized spacial score (nSPS) is 17.8. The Bertz CT molecular complexity index is 1070. The zero-order valence-electron chi connectivity index (χ0n) is 16.8. The van der Waals surface area contributed by atoms with E-state index in [0.717, 1.165) is 9.37 Å². The summed E-state index contributed by atoms with van der Waals surface area (Å²) in [6.45, 7) is 5.35. The molecule has 0 N–H and O–H groups in total. The number of nitrogens with zero attached hydrogens (tertiary/aromatic N) is 2. The average Bonchev–Trinajstić information content (AvgIpc) is 2.96. The first-order valence-corrected chi connectivity index (χ1v) is 12.0. The van der Waals surface area contributed by atoms with Gasteiger partial charge in [0.1, 0.15) is 6.04 Å². The Balaban J connectivity index is 2.07. The van der Waals surface area contributed by atoms with Crippen molar-refractivity contribution in [3.8, 4) is 0 Å². The van der Waals surface area contributed by atoms with Gasteiger partial charge in [-0.25, -0.2) is 13.3 Å². The molecule has 1 saturated heterocycles. The van der Waals surface area contributed by atoms with Gasteiger partial charge < -0.3 is 0 Å². The molecule has 1 unspecified atom stereocenters. The van der Waals surface area contributed by atoms with E-state index in [1.165, 1.54) is 28.6 Å². The van der Waals surface area contributed by atoms with Gasteiger partial charge >= 0.3 is 0 Å². The molecule has 30 heavy (non-hydrogen) atoms. The number of carbonyl (C=O) groups excluding carboxylic acids is 2. The number of sulfonamides is 1. The maximum atomic E-state index is 13.6. The third-order valence-corrected chi connectivity index (χ3v) is 8.24. The highest BCUT2D eigenvalue weighted by Crippen LogP contribution is 2.36. The lowest BCUT2D eigenvalue weighted by Crippen LogP contribution is -2.55. The summed E-state index contributed by atoms with van der Waals surface area (Å²) in [7, 11) is -4.07. The van der Waals surface area contributed by atoms with Crippen molar-refractivity contribution in [1.82, 2.24) is 4.31 Å². The first-order chi connectivity index (χ1) is 14.0. The zero-order chi connectivity index (χ0) is 22.3. The first kappa shape index (κ1) is 22.9. The van der Waals surface area contributed by atoms with Crippen LogP contribution >= 0.6 is 27.5 Å². The molecule has 3 rings (SSSR count). The van der Waals surface area contributed by atoms with Crippen LogP contribution in [0.25, 0.3) is 0 Å². The number of amides is 2. The molecule has 6 nitrogen and oxygen atoms in total. The molecule has 0 aromatic heterocycles. The second-order valence-electron chi connectivity index (χ2n) is 7.68. The minimum absolute atomic E-state index is 0.0239. The number of benzene rings is 2. The van der Waals surface area contributed by atoms with Crippen molar-refractivity contribution >= 4 is 55.1 Å². The van der Waals surface area contributed by atoms with Gasteiger partial charge in [0, 0.05) is 15.0 Å². The van der Waals surface area contributed by atoms with E-state index in [4.69, 9.17) is 11.6 Å². The van der Waals surface area contributed by atoms with Crippen LogP contribution in [0.5, 0.6) is 0 Å². The highest BCUT2D eigenvalue weighted by atomic mass is 79.9. The molecular formula is C21H22BrClN2O4S. The fraction of sp³-hybridized carbons (Fsp3) is 0.333. The van der Waals surface area contributed by atoms with Gasteiger partial charge in [0.25, 0.3) is 5.91 Å². The van der Waals surface area contributed by atoms with Crippen molar-refractivity contribution < 1.29 is 18.0 Å². The molecule has 1 heterocycles. The molecule has 0 bridgehead atoms. The summed E-state index contributed by atoms with van der Waals surface area (Å²) >= 11 is 9.24. The molecular weight excluding hydrogens is 492 g/mol. The Morgan fingerprint density at radius 3 is 2.20 bits per heavy atom. The van der Waals surface area contributed by atoms with Crippen LogP contribution < -0.4 is 4.90 Å². The molecule has 9 heteroatoms. The molecule has 2 aromatic rings. The Kier molecular flexibility index (Phi) is 6.43. The summed E-state index contributed by atoms with van der Waals surface area (Å²) in [6, 6.07) is 11.4. The largest absolute Gasteiger partial charge is 0.274 e. The van der Waals surface area contributed by atoms with Crippen molar-refractivity contribution in [2.24, 2.45) is 0 Å². The lowest BCUT2D eigenvalue weighted by molar-refractivity contribution is -0.122. The highest BCUT2D eigenvalue weighted by molar-refractivity contribution is 9.10. The molecule has 2 aromatic carbocycles. The Morgan fingerprint density at radius 2 is 1.67 bits per heavy atom. The molecule has 1 atom stereocenters. The van der Waals surface area contributed by atoms with E-state index in [1.54, 1.807) is 38.1 Å². The van der Waals surface area contributed by atoms with Crippen LogP contribution in [0.4, 0.5) is 5.69 Å². The maximum Gasteiger partial charge on any atom is 0.252 e. The SMILES string of the molecule is CCC(C)(C)N(C1CC(=O)N(c2ccc(Br)cc2)C1=O)S(=O)(=O)c1ccc(Cl)cc1. The number of hydrogen-bond donors (Lipinski definition) is 0. The molecule has 1 aliphatic heterocycles. The predicted octanol–water partition coefficient (Wildman–Crippen LogP) is 4.61. The number of halogens is 2. The van der Waals surface area contributed by atoms with Gasteiger partial charge in [0.05, 0.1) is 17.0 Å². The maximum absolute atomic E-state index is 13.6. The van der Waals surface area contributed by atoms with Crippen LogP contribution in [-0.4, -0.2) is 36.1 Å². The second kappa shape index (κ2) is 8.42. The zero-order valence-corrected chi connectivity index (χ0v) is 20.0. The van der Waals surface area contributed by atoms with E-state index >= 15 is 0 Å². The quantitative estimate of drug-likeness (QED) is 0.529. The molecule has 0 aliphatic carbocycles. The molecule has 2 amide bonds. The summed E-state index contributed by atoms with van der Waals surface area (Å²) in [4.78, 5) is 27.2. The summed E-state index contributed by atoms with van der Waals surface area (Å²) in [5, 5.41) is 0.406. The van der Waals surface area contributed by atoms with Crippen molar-refractivity contribution in [3.05, 3.63) is 58.0 Å². The first-order valence-electron chi connectivity index (χ1n) is 9.41. The summed E-state index contributed by atoms with van der Waals surface area (Å²) in [6.07, 6.45) is 0.237. The summed E-state index contributed by atoms with van der Waals surface area (Å²) in [5.41, 5.74) is -0.483. The molecule has 1 aliphatic rings. The number of rotatable bonds is 6. The van der Waals surface area contributed by atoms with Crippen LogP contribution in [0.1, 0.15) is 33.6 Å².